The zero-order chi connectivity index (χ0) is 22.1. The van der Waals surface area contributed by atoms with Crippen LogP contribution < -0.4 is 10.1 Å². The first-order valence-corrected chi connectivity index (χ1v) is 11.4. The maximum absolute atomic E-state index is 11.9. The van der Waals surface area contributed by atoms with Crippen molar-refractivity contribution in [2.45, 2.75) is 25.8 Å². The Morgan fingerprint density at radius 2 is 2.00 bits per heavy atom. The van der Waals surface area contributed by atoms with Gasteiger partial charge in [0.15, 0.2) is 0 Å². The lowest BCUT2D eigenvalue weighted by Crippen LogP contribution is -2.29. The van der Waals surface area contributed by atoms with Crippen LogP contribution in [0.25, 0.3) is 28.2 Å². The molecule has 2 fully saturated rings. The van der Waals surface area contributed by atoms with Gasteiger partial charge in [0.2, 0.25) is 0 Å². The summed E-state index contributed by atoms with van der Waals surface area (Å²) in [5.74, 6) is 0.824. The topological polar surface area (TPSA) is 84.7 Å². The van der Waals surface area contributed by atoms with E-state index >= 15 is 0 Å². The number of hydrogen-bond donors (Lipinski definition) is 1. The normalized spacial score (nSPS) is 18.5. The van der Waals surface area contributed by atoms with Crippen LogP contribution in [0.3, 0.4) is 0 Å². The first-order valence-electron chi connectivity index (χ1n) is 10.6. The first-order chi connectivity index (χ1) is 15.6. The van der Waals surface area contributed by atoms with Crippen LogP contribution in [0, 0.1) is 0 Å². The zero-order valence-corrected chi connectivity index (χ0v) is 18.5. The average molecular weight is 450 g/mol. The van der Waals surface area contributed by atoms with E-state index in [1.165, 1.54) is 24.8 Å². The number of ether oxygens (including phenoxy) is 1. The fourth-order valence-corrected chi connectivity index (χ4v) is 4.90. The molecule has 8 heteroatoms. The Bertz CT molecular complexity index is 1230. The summed E-state index contributed by atoms with van der Waals surface area (Å²) in [4.78, 5) is 30.5. The summed E-state index contributed by atoms with van der Waals surface area (Å²) in [5, 5.41) is 2.69. The molecule has 4 heterocycles. The van der Waals surface area contributed by atoms with Crippen molar-refractivity contribution in [1.29, 1.82) is 0 Å². The van der Waals surface area contributed by atoms with E-state index in [0.29, 0.717) is 16.2 Å². The lowest BCUT2D eigenvalue weighted by Gasteiger charge is -2.26. The highest BCUT2D eigenvalue weighted by molar-refractivity contribution is 8.18. The van der Waals surface area contributed by atoms with Crippen molar-refractivity contribution in [2.75, 3.05) is 20.2 Å². The highest BCUT2D eigenvalue weighted by Gasteiger charge is 2.26. The Morgan fingerprint density at radius 1 is 1.16 bits per heavy atom. The van der Waals surface area contributed by atoms with E-state index in [0.717, 1.165) is 53.7 Å². The SMILES string of the molecule is COc1ccc(CN2CCCCC2)cc1-c1cncc2cc(C=C3SC(=O)NC3=O)oc12. The number of aromatic nitrogens is 1. The van der Waals surface area contributed by atoms with Gasteiger partial charge in [-0.3, -0.25) is 24.8 Å². The molecule has 1 aromatic carbocycles. The van der Waals surface area contributed by atoms with Crippen LogP contribution in [0.15, 0.2) is 46.0 Å². The number of benzene rings is 1. The summed E-state index contributed by atoms with van der Waals surface area (Å²) < 4.78 is 11.7. The van der Waals surface area contributed by atoms with Gasteiger partial charge in [0.25, 0.3) is 11.1 Å². The van der Waals surface area contributed by atoms with Crippen molar-refractivity contribution in [3.05, 3.63) is 52.9 Å². The number of nitrogens with zero attached hydrogens (tertiary/aromatic N) is 2. The molecule has 5 rings (SSSR count). The fraction of sp³-hybridized carbons (Fsp3) is 0.292. The van der Waals surface area contributed by atoms with E-state index in [-0.39, 0.29) is 5.24 Å². The minimum atomic E-state index is -0.411. The number of furan rings is 1. The molecule has 2 aliphatic heterocycles. The monoisotopic (exact) mass is 449 g/mol. The van der Waals surface area contributed by atoms with E-state index in [9.17, 15) is 9.59 Å². The van der Waals surface area contributed by atoms with Gasteiger partial charge in [-0.2, -0.15) is 0 Å². The maximum atomic E-state index is 11.9. The Morgan fingerprint density at radius 3 is 2.75 bits per heavy atom. The van der Waals surface area contributed by atoms with Gasteiger partial charge in [-0.25, -0.2) is 0 Å². The van der Waals surface area contributed by atoms with Gasteiger partial charge in [-0.1, -0.05) is 12.5 Å². The van der Waals surface area contributed by atoms with Crippen LogP contribution in [0.1, 0.15) is 30.6 Å². The highest BCUT2D eigenvalue weighted by Crippen LogP contribution is 2.37. The van der Waals surface area contributed by atoms with Crippen molar-refractivity contribution < 1.29 is 18.7 Å². The number of likely N-dealkylation sites (tertiary alicyclic amines) is 1. The van der Waals surface area contributed by atoms with Crippen LogP contribution >= 0.6 is 11.8 Å². The van der Waals surface area contributed by atoms with Crippen molar-refractivity contribution in [3.8, 4) is 16.9 Å². The molecule has 0 radical (unpaired) electrons. The second-order valence-corrected chi connectivity index (χ2v) is 8.99. The lowest BCUT2D eigenvalue weighted by atomic mass is 10.0. The van der Waals surface area contributed by atoms with Gasteiger partial charge in [0.05, 0.1) is 12.0 Å². The minimum absolute atomic E-state index is 0.310. The number of imide groups is 1. The second-order valence-electron chi connectivity index (χ2n) is 7.98. The van der Waals surface area contributed by atoms with E-state index in [4.69, 9.17) is 9.15 Å². The highest BCUT2D eigenvalue weighted by atomic mass is 32.2. The molecule has 2 saturated heterocycles. The van der Waals surface area contributed by atoms with Crippen molar-refractivity contribution >= 4 is 40.0 Å². The number of rotatable bonds is 5. The number of hydrogen-bond acceptors (Lipinski definition) is 7. The van der Waals surface area contributed by atoms with Gasteiger partial charge < -0.3 is 9.15 Å². The summed E-state index contributed by atoms with van der Waals surface area (Å²) in [6.07, 6.45) is 8.88. The molecule has 164 valence electrons. The minimum Gasteiger partial charge on any atom is -0.496 e. The van der Waals surface area contributed by atoms with Crippen LogP contribution in [0.5, 0.6) is 5.75 Å². The first kappa shape index (κ1) is 20.8. The quantitative estimate of drug-likeness (QED) is 0.559. The Labute approximate surface area is 189 Å². The predicted molar refractivity (Wildman–Crippen MR) is 124 cm³/mol. The average Bonchev–Trinajstić information content (AvgIpc) is 3.35. The molecule has 0 atom stereocenters. The molecule has 7 nitrogen and oxygen atoms in total. The van der Waals surface area contributed by atoms with Crippen LogP contribution in [0.2, 0.25) is 0 Å². The third-order valence-electron chi connectivity index (χ3n) is 5.77. The third kappa shape index (κ3) is 4.16. The number of nitrogens with one attached hydrogen (secondary N) is 1. The van der Waals surface area contributed by atoms with E-state index in [1.54, 1.807) is 25.6 Å². The molecule has 2 amide bonds. The zero-order valence-electron chi connectivity index (χ0n) is 17.7. The van der Waals surface area contributed by atoms with Gasteiger partial charge in [0.1, 0.15) is 17.1 Å². The molecule has 1 N–H and O–H groups in total. The summed E-state index contributed by atoms with van der Waals surface area (Å²) in [5.41, 5.74) is 3.61. The number of piperidine rings is 1. The van der Waals surface area contributed by atoms with Crippen molar-refractivity contribution in [2.24, 2.45) is 0 Å². The molecule has 2 aliphatic rings. The third-order valence-corrected chi connectivity index (χ3v) is 6.58. The maximum Gasteiger partial charge on any atom is 0.290 e. The van der Waals surface area contributed by atoms with Crippen molar-refractivity contribution in [3.63, 3.8) is 0 Å². The van der Waals surface area contributed by atoms with Gasteiger partial charge >= 0.3 is 0 Å². The number of methoxy groups -OCH3 is 1. The molecular formula is C24H23N3O4S. The molecule has 0 bridgehead atoms. The van der Waals surface area contributed by atoms with E-state index in [1.807, 2.05) is 12.1 Å². The standard InChI is InChI=1S/C24H23N3O4S/c1-30-20-6-5-15(14-27-7-3-2-4-8-27)9-18(20)19-13-25-12-16-10-17(31-22(16)19)11-21-23(28)26-24(29)32-21/h5-6,9-13H,2-4,7-8,14H2,1H3,(H,26,28,29). The summed E-state index contributed by atoms with van der Waals surface area (Å²) >= 11 is 0.865. The van der Waals surface area contributed by atoms with Gasteiger partial charge in [-0.15, -0.1) is 0 Å². The number of thioether (sulfide) groups is 1. The van der Waals surface area contributed by atoms with Gasteiger partial charge in [0, 0.05) is 41.5 Å². The molecule has 0 saturated carbocycles. The number of carbonyl (C=O) groups is 2. The fourth-order valence-electron chi connectivity index (χ4n) is 4.24. The van der Waals surface area contributed by atoms with Crippen LogP contribution in [0.4, 0.5) is 4.79 Å². The number of pyridine rings is 1. The molecule has 0 spiro atoms. The summed E-state index contributed by atoms with van der Waals surface area (Å²) in [6.45, 7) is 3.15. The number of carbonyl (C=O) groups excluding carboxylic acids is 2. The Hall–Kier alpha value is -3.10. The second kappa shape index (κ2) is 8.80. The van der Waals surface area contributed by atoms with E-state index in [2.05, 4.69) is 27.3 Å². The Kier molecular flexibility index (Phi) is 5.71. The Balaban J connectivity index is 1.53. The number of fused-ring (bicyclic) bond motifs is 1. The molecule has 32 heavy (non-hydrogen) atoms. The predicted octanol–water partition coefficient (Wildman–Crippen LogP) is 4.81. The summed E-state index contributed by atoms with van der Waals surface area (Å²) in [6, 6.07) is 8.06. The molecule has 0 unspecified atom stereocenters. The smallest absolute Gasteiger partial charge is 0.290 e. The van der Waals surface area contributed by atoms with E-state index < -0.39 is 5.91 Å². The molecule has 0 aliphatic carbocycles. The molecule has 3 aromatic rings. The molecular weight excluding hydrogens is 426 g/mol. The van der Waals surface area contributed by atoms with Gasteiger partial charge in [-0.05, 0) is 61.5 Å². The summed E-state index contributed by atoms with van der Waals surface area (Å²) in [7, 11) is 1.65. The van der Waals surface area contributed by atoms with Crippen LogP contribution in [-0.4, -0.2) is 41.2 Å². The van der Waals surface area contributed by atoms with Crippen molar-refractivity contribution in [1.82, 2.24) is 15.2 Å². The van der Waals surface area contributed by atoms with Crippen LogP contribution in [-0.2, 0) is 11.3 Å². The molecule has 2 aromatic heterocycles. The number of amides is 2. The lowest BCUT2D eigenvalue weighted by molar-refractivity contribution is -0.115. The largest absolute Gasteiger partial charge is 0.496 e.